The van der Waals surface area contributed by atoms with E-state index in [-0.39, 0.29) is 0 Å². The summed E-state index contributed by atoms with van der Waals surface area (Å²) in [5, 5.41) is 0. The normalized spacial score (nSPS) is 11.3. The molecule has 0 heterocycles. The van der Waals surface area contributed by atoms with Gasteiger partial charge in [-0.2, -0.15) is 0 Å². The fourth-order valence-electron chi connectivity index (χ4n) is 4.49. The van der Waals surface area contributed by atoms with Crippen LogP contribution in [0.2, 0.25) is 0 Å². The molecule has 0 spiro atoms. The van der Waals surface area contributed by atoms with Gasteiger partial charge in [0.1, 0.15) is 0 Å². The second kappa shape index (κ2) is 9.88. The zero-order valence-corrected chi connectivity index (χ0v) is 18.4. The SMILES string of the molecule is c1ccc([CH2][Ti]([CH2]c2ccccc2)([CH2]c2ccccc2)[CH2]c2ccccc2)cc1. The average molecular weight is 412 g/mol. The Morgan fingerprint density at radius 1 is 0.310 bits per heavy atom. The molecule has 0 unspecified atom stereocenters. The molecule has 0 saturated heterocycles. The Morgan fingerprint density at radius 2 is 0.517 bits per heavy atom. The van der Waals surface area contributed by atoms with E-state index in [0.717, 1.165) is 0 Å². The van der Waals surface area contributed by atoms with Gasteiger partial charge >= 0.3 is 179 Å². The standard InChI is InChI=1S/4C7H7.Ti/c4*1-7-5-3-2-4-6-7;/h4*2-6H,1H2;. The zero-order chi connectivity index (χ0) is 19.8. The predicted octanol–water partition coefficient (Wildman–Crippen LogP) is 6.94. The van der Waals surface area contributed by atoms with Gasteiger partial charge in [0.05, 0.1) is 0 Å². The van der Waals surface area contributed by atoms with Crippen LogP contribution in [0.3, 0.4) is 0 Å². The van der Waals surface area contributed by atoms with Crippen molar-refractivity contribution in [3.8, 4) is 0 Å². The van der Waals surface area contributed by atoms with E-state index in [2.05, 4.69) is 121 Å². The van der Waals surface area contributed by atoms with Crippen molar-refractivity contribution in [1.82, 2.24) is 0 Å². The molecule has 4 aromatic rings. The summed E-state index contributed by atoms with van der Waals surface area (Å²) in [6, 6.07) is 44.6. The molecular formula is C28H28Ti. The molecule has 0 aliphatic heterocycles. The van der Waals surface area contributed by atoms with Crippen molar-refractivity contribution in [2.24, 2.45) is 0 Å². The molecule has 0 aromatic heterocycles. The van der Waals surface area contributed by atoms with Gasteiger partial charge < -0.3 is 0 Å². The van der Waals surface area contributed by atoms with Crippen molar-refractivity contribution in [3.63, 3.8) is 0 Å². The monoisotopic (exact) mass is 412 g/mol. The Hall–Kier alpha value is -2.41. The van der Waals surface area contributed by atoms with Crippen molar-refractivity contribution in [1.29, 1.82) is 0 Å². The molecule has 0 bridgehead atoms. The first kappa shape index (κ1) is 19.9. The first-order chi connectivity index (χ1) is 14.3. The number of rotatable bonds is 8. The molecule has 0 aliphatic rings. The Labute approximate surface area is 178 Å². The third-order valence-electron chi connectivity index (χ3n) is 5.69. The molecule has 0 atom stereocenters. The molecule has 0 N–H and O–H groups in total. The van der Waals surface area contributed by atoms with Crippen LogP contribution in [-0.2, 0) is 35.5 Å². The third-order valence-corrected chi connectivity index (χ3v) is 12.9. The van der Waals surface area contributed by atoms with Crippen LogP contribution in [0.5, 0.6) is 0 Å². The fraction of sp³-hybridized carbons (Fsp3) is 0.143. The second-order valence-corrected chi connectivity index (χ2v) is 15.0. The van der Waals surface area contributed by atoms with Gasteiger partial charge in [-0.1, -0.05) is 0 Å². The van der Waals surface area contributed by atoms with Gasteiger partial charge in [0.15, 0.2) is 0 Å². The first-order valence-electron chi connectivity index (χ1n) is 10.5. The molecule has 144 valence electrons. The van der Waals surface area contributed by atoms with Gasteiger partial charge in [0.2, 0.25) is 0 Å². The number of hydrogen-bond acceptors (Lipinski definition) is 0. The third kappa shape index (κ3) is 5.79. The van der Waals surface area contributed by atoms with E-state index in [1.54, 1.807) is 0 Å². The van der Waals surface area contributed by atoms with Gasteiger partial charge in [-0.25, -0.2) is 0 Å². The van der Waals surface area contributed by atoms with E-state index < -0.39 is 16.6 Å². The first-order valence-corrected chi connectivity index (χ1v) is 14.9. The van der Waals surface area contributed by atoms with Crippen LogP contribution in [0.15, 0.2) is 121 Å². The topological polar surface area (TPSA) is 0 Å². The van der Waals surface area contributed by atoms with Crippen molar-refractivity contribution in [3.05, 3.63) is 144 Å². The molecular weight excluding hydrogens is 384 g/mol. The van der Waals surface area contributed by atoms with Gasteiger partial charge in [0.25, 0.3) is 0 Å². The molecule has 0 nitrogen and oxygen atoms in total. The molecule has 1 heteroatoms. The minimum atomic E-state index is -2.42. The molecule has 4 rings (SSSR count). The van der Waals surface area contributed by atoms with E-state index in [1.807, 2.05) is 0 Å². The number of hydrogen-bond donors (Lipinski definition) is 0. The minimum absolute atomic E-state index is 1.25. The average Bonchev–Trinajstić information content (AvgIpc) is 2.76. The quantitative estimate of drug-likeness (QED) is 0.275. The number of benzene rings is 4. The zero-order valence-electron chi connectivity index (χ0n) is 16.9. The van der Waals surface area contributed by atoms with E-state index in [1.165, 1.54) is 41.2 Å². The molecule has 0 aliphatic carbocycles. The molecule has 0 saturated carbocycles. The van der Waals surface area contributed by atoms with Crippen molar-refractivity contribution < 1.29 is 16.6 Å². The summed E-state index contributed by atoms with van der Waals surface area (Å²) in [7, 11) is 0. The van der Waals surface area contributed by atoms with Crippen molar-refractivity contribution in [2.75, 3.05) is 0 Å². The molecule has 0 fully saturated rings. The van der Waals surface area contributed by atoms with E-state index in [4.69, 9.17) is 0 Å². The maximum atomic E-state index is 2.32. The maximum absolute atomic E-state index is 2.42. The van der Waals surface area contributed by atoms with Gasteiger partial charge in [-0.15, -0.1) is 0 Å². The van der Waals surface area contributed by atoms with Crippen molar-refractivity contribution >= 4 is 0 Å². The van der Waals surface area contributed by atoms with Crippen LogP contribution in [0.1, 0.15) is 22.3 Å². The van der Waals surface area contributed by atoms with Crippen LogP contribution in [0.25, 0.3) is 0 Å². The van der Waals surface area contributed by atoms with E-state index >= 15 is 0 Å². The van der Waals surface area contributed by atoms with Crippen LogP contribution >= 0.6 is 0 Å². The summed E-state index contributed by atoms with van der Waals surface area (Å²) in [5.74, 6) is 0. The van der Waals surface area contributed by atoms with Crippen LogP contribution in [-0.4, -0.2) is 0 Å². The Kier molecular flexibility index (Phi) is 6.77. The van der Waals surface area contributed by atoms with Crippen LogP contribution < -0.4 is 0 Å². The Morgan fingerprint density at radius 3 is 0.724 bits per heavy atom. The summed E-state index contributed by atoms with van der Waals surface area (Å²) < 4.78 is 5.00. The van der Waals surface area contributed by atoms with Gasteiger partial charge in [0, 0.05) is 0 Å². The van der Waals surface area contributed by atoms with Crippen LogP contribution in [0, 0.1) is 0 Å². The van der Waals surface area contributed by atoms with Crippen LogP contribution in [0.4, 0.5) is 0 Å². The van der Waals surface area contributed by atoms with E-state index in [9.17, 15) is 0 Å². The van der Waals surface area contributed by atoms with Gasteiger partial charge in [-0.05, 0) is 0 Å². The Bertz CT molecular complexity index is 808. The van der Waals surface area contributed by atoms with E-state index in [0.29, 0.717) is 0 Å². The Balaban J connectivity index is 1.75. The molecule has 4 aromatic carbocycles. The summed E-state index contributed by atoms with van der Waals surface area (Å²) >= 11 is -2.42. The summed E-state index contributed by atoms with van der Waals surface area (Å²) in [4.78, 5) is 0. The fourth-order valence-corrected chi connectivity index (χ4v) is 12.5. The molecule has 29 heavy (non-hydrogen) atoms. The predicted molar refractivity (Wildman–Crippen MR) is 121 cm³/mol. The second-order valence-electron chi connectivity index (χ2n) is 8.15. The van der Waals surface area contributed by atoms with Crippen molar-refractivity contribution in [2.45, 2.75) is 18.9 Å². The van der Waals surface area contributed by atoms with Gasteiger partial charge in [-0.3, -0.25) is 0 Å². The summed E-state index contributed by atoms with van der Waals surface area (Å²) in [6.07, 6.45) is 0. The summed E-state index contributed by atoms with van der Waals surface area (Å²) in [6.45, 7) is 0. The molecule has 0 amide bonds. The summed E-state index contributed by atoms with van der Waals surface area (Å²) in [5.41, 5.74) is 5.98. The molecule has 0 radical (unpaired) electrons.